The van der Waals surface area contributed by atoms with Gasteiger partial charge in [-0.05, 0) is 36.8 Å². The van der Waals surface area contributed by atoms with Crippen molar-refractivity contribution in [2.24, 2.45) is 5.10 Å². The van der Waals surface area contributed by atoms with Crippen molar-refractivity contribution in [1.29, 1.82) is 0 Å². The molecule has 1 N–H and O–H groups in total. The van der Waals surface area contributed by atoms with Crippen molar-refractivity contribution in [2.45, 2.75) is 13.0 Å². The summed E-state index contributed by atoms with van der Waals surface area (Å²) in [4.78, 5) is 38.7. The van der Waals surface area contributed by atoms with Crippen LogP contribution in [-0.2, 0) is 9.53 Å². The Bertz CT molecular complexity index is 1210. The van der Waals surface area contributed by atoms with Crippen LogP contribution >= 0.6 is 23.2 Å². The highest BCUT2D eigenvalue weighted by atomic mass is 35.5. The zero-order valence-electron chi connectivity index (χ0n) is 15.3. The standard InChI is InChI=1S/C19H15Cl2N3O5/c1-10(18(26)28-2)29-16-13(20)7-11(8-14(16)21)9-22-24-17(25)12-5-3-4-6-15(12)23-19(24)27/h3-10H,1-2H3,(H,23,27). The Morgan fingerprint density at radius 2 is 1.86 bits per heavy atom. The van der Waals surface area contributed by atoms with Crippen LogP contribution in [-0.4, -0.2) is 35.1 Å². The van der Waals surface area contributed by atoms with Gasteiger partial charge in [-0.15, -0.1) is 4.68 Å². The molecule has 0 saturated carbocycles. The highest BCUT2D eigenvalue weighted by Gasteiger charge is 2.19. The SMILES string of the molecule is COC(=O)C(C)Oc1c(Cl)cc(C=Nn2c(=O)[nH]c3ccccc3c2=O)cc1Cl. The molecule has 1 unspecified atom stereocenters. The molecule has 1 atom stereocenters. The minimum absolute atomic E-state index is 0.101. The minimum Gasteiger partial charge on any atom is -0.476 e. The van der Waals surface area contributed by atoms with Crippen molar-refractivity contribution in [3.63, 3.8) is 0 Å². The fourth-order valence-corrected chi connectivity index (χ4v) is 3.13. The molecular formula is C19H15Cl2N3O5. The molecule has 0 aliphatic heterocycles. The molecule has 3 rings (SSSR count). The number of ether oxygens (including phenoxy) is 2. The average molecular weight is 436 g/mol. The first-order valence-corrected chi connectivity index (χ1v) is 9.09. The number of hydrogen-bond donors (Lipinski definition) is 1. The smallest absolute Gasteiger partial charge is 0.349 e. The van der Waals surface area contributed by atoms with Crippen molar-refractivity contribution >= 4 is 46.3 Å². The second-order valence-electron chi connectivity index (χ2n) is 5.93. The first kappa shape index (κ1) is 20.6. The number of benzene rings is 2. The summed E-state index contributed by atoms with van der Waals surface area (Å²) in [6, 6.07) is 9.54. The van der Waals surface area contributed by atoms with Crippen molar-refractivity contribution in [2.75, 3.05) is 7.11 Å². The number of nitrogens with one attached hydrogen (secondary N) is 1. The van der Waals surface area contributed by atoms with Crippen molar-refractivity contribution in [3.05, 3.63) is 72.8 Å². The summed E-state index contributed by atoms with van der Waals surface area (Å²) in [5.41, 5.74) is -0.419. The van der Waals surface area contributed by atoms with E-state index in [4.69, 9.17) is 27.9 Å². The zero-order valence-corrected chi connectivity index (χ0v) is 16.8. The lowest BCUT2D eigenvalue weighted by atomic mass is 10.2. The number of fused-ring (bicyclic) bond motifs is 1. The molecule has 3 aromatic rings. The normalized spacial score (nSPS) is 12.3. The Labute approximate surface area is 174 Å². The topological polar surface area (TPSA) is 103 Å². The molecular weight excluding hydrogens is 421 g/mol. The van der Waals surface area contributed by atoms with Crippen LogP contribution < -0.4 is 16.0 Å². The number of aromatic amines is 1. The van der Waals surface area contributed by atoms with Gasteiger partial charge in [0, 0.05) is 0 Å². The van der Waals surface area contributed by atoms with E-state index in [9.17, 15) is 14.4 Å². The van der Waals surface area contributed by atoms with Gasteiger partial charge in [0.2, 0.25) is 0 Å². The Hall–Kier alpha value is -3.10. The number of hydrogen-bond acceptors (Lipinski definition) is 6. The predicted octanol–water partition coefficient (Wildman–Crippen LogP) is 2.82. The summed E-state index contributed by atoms with van der Waals surface area (Å²) >= 11 is 12.4. The van der Waals surface area contributed by atoms with Crippen LogP contribution in [0.15, 0.2) is 51.1 Å². The third-order valence-electron chi connectivity index (χ3n) is 3.95. The number of carbonyl (C=O) groups excluding carboxylic acids is 1. The van der Waals surface area contributed by atoms with Gasteiger partial charge in [-0.1, -0.05) is 35.3 Å². The van der Waals surface area contributed by atoms with Gasteiger partial charge in [0.25, 0.3) is 5.56 Å². The molecule has 0 aliphatic carbocycles. The van der Waals surface area contributed by atoms with E-state index in [0.29, 0.717) is 21.1 Å². The molecule has 1 aromatic heterocycles. The summed E-state index contributed by atoms with van der Waals surface area (Å²) in [7, 11) is 1.24. The fourth-order valence-electron chi connectivity index (χ4n) is 2.54. The van der Waals surface area contributed by atoms with Crippen molar-refractivity contribution in [1.82, 2.24) is 9.66 Å². The summed E-state index contributed by atoms with van der Waals surface area (Å²) in [6.45, 7) is 1.49. The summed E-state index contributed by atoms with van der Waals surface area (Å²) in [5.74, 6) is -0.484. The highest BCUT2D eigenvalue weighted by molar-refractivity contribution is 6.37. The third-order valence-corrected chi connectivity index (χ3v) is 4.52. The predicted molar refractivity (Wildman–Crippen MR) is 110 cm³/mol. The summed E-state index contributed by atoms with van der Waals surface area (Å²) in [6.07, 6.45) is 0.348. The molecule has 0 aliphatic rings. The van der Waals surface area contributed by atoms with Crippen LogP contribution in [0.3, 0.4) is 0 Å². The molecule has 0 bridgehead atoms. The van der Waals surface area contributed by atoms with E-state index in [-0.39, 0.29) is 15.8 Å². The van der Waals surface area contributed by atoms with Gasteiger partial charge in [0.1, 0.15) is 0 Å². The molecule has 150 valence electrons. The van der Waals surface area contributed by atoms with Gasteiger partial charge >= 0.3 is 11.7 Å². The van der Waals surface area contributed by atoms with E-state index in [0.717, 1.165) is 0 Å². The lowest BCUT2D eigenvalue weighted by Gasteiger charge is -2.15. The van der Waals surface area contributed by atoms with E-state index in [1.165, 1.54) is 32.4 Å². The van der Waals surface area contributed by atoms with Gasteiger partial charge in [-0.25, -0.2) is 9.59 Å². The molecule has 8 nitrogen and oxygen atoms in total. The molecule has 0 fully saturated rings. The lowest BCUT2D eigenvalue weighted by Crippen LogP contribution is -2.32. The van der Waals surface area contributed by atoms with Crippen LogP contribution in [0.1, 0.15) is 12.5 Å². The van der Waals surface area contributed by atoms with Crippen LogP contribution in [0.2, 0.25) is 10.0 Å². The number of esters is 1. The van der Waals surface area contributed by atoms with Gasteiger partial charge < -0.3 is 14.5 Å². The maximum atomic E-state index is 12.5. The van der Waals surface area contributed by atoms with E-state index in [1.807, 2.05) is 0 Å². The Morgan fingerprint density at radius 3 is 2.52 bits per heavy atom. The molecule has 29 heavy (non-hydrogen) atoms. The first-order valence-electron chi connectivity index (χ1n) is 8.33. The number of para-hydroxylation sites is 1. The lowest BCUT2D eigenvalue weighted by molar-refractivity contribution is -0.147. The minimum atomic E-state index is -0.913. The zero-order chi connectivity index (χ0) is 21.1. The van der Waals surface area contributed by atoms with E-state index in [1.54, 1.807) is 24.3 Å². The monoisotopic (exact) mass is 435 g/mol. The summed E-state index contributed by atoms with van der Waals surface area (Å²) in [5, 5.41) is 4.50. The maximum absolute atomic E-state index is 12.5. The third kappa shape index (κ3) is 4.33. The Morgan fingerprint density at radius 1 is 1.21 bits per heavy atom. The van der Waals surface area contributed by atoms with E-state index >= 15 is 0 Å². The molecule has 0 radical (unpaired) electrons. The Balaban J connectivity index is 1.94. The number of nitrogens with zero attached hydrogens (tertiary/aromatic N) is 2. The van der Waals surface area contributed by atoms with Crippen LogP contribution in [0.25, 0.3) is 10.9 Å². The number of methoxy groups -OCH3 is 1. The molecule has 0 spiro atoms. The van der Waals surface area contributed by atoms with Crippen molar-refractivity contribution < 1.29 is 14.3 Å². The molecule has 0 saturated heterocycles. The van der Waals surface area contributed by atoms with E-state index in [2.05, 4.69) is 14.8 Å². The number of H-pyrrole nitrogens is 1. The quantitative estimate of drug-likeness (QED) is 0.490. The second kappa shape index (κ2) is 8.50. The van der Waals surface area contributed by atoms with Crippen LogP contribution in [0, 0.1) is 0 Å². The molecule has 2 aromatic carbocycles. The highest BCUT2D eigenvalue weighted by Crippen LogP contribution is 2.34. The Kier molecular flexibility index (Phi) is 6.05. The first-order chi connectivity index (χ1) is 13.8. The van der Waals surface area contributed by atoms with Gasteiger partial charge in [-0.3, -0.25) is 4.79 Å². The number of halogens is 2. The number of carbonyl (C=O) groups is 1. The van der Waals surface area contributed by atoms with Gasteiger partial charge in [-0.2, -0.15) is 5.10 Å². The molecule has 10 heteroatoms. The van der Waals surface area contributed by atoms with Gasteiger partial charge in [0.15, 0.2) is 11.9 Å². The molecule has 1 heterocycles. The fraction of sp³-hybridized carbons (Fsp3) is 0.158. The largest absolute Gasteiger partial charge is 0.476 e. The van der Waals surface area contributed by atoms with Gasteiger partial charge in [0.05, 0.1) is 34.3 Å². The average Bonchev–Trinajstić information content (AvgIpc) is 2.69. The maximum Gasteiger partial charge on any atom is 0.349 e. The number of aromatic nitrogens is 2. The molecule has 0 amide bonds. The van der Waals surface area contributed by atoms with Crippen molar-refractivity contribution in [3.8, 4) is 5.75 Å². The summed E-state index contributed by atoms with van der Waals surface area (Å²) < 4.78 is 10.7. The van der Waals surface area contributed by atoms with Crippen LogP contribution in [0.4, 0.5) is 0 Å². The van der Waals surface area contributed by atoms with Crippen LogP contribution in [0.5, 0.6) is 5.75 Å². The van der Waals surface area contributed by atoms with E-state index < -0.39 is 23.3 Å². The number of rotatable bonds is 5. The second-order valence-corrected chi connectivity index (χ2v) is 6.75.